The Labute approximate surface area is 157 Å². The van der Waals surface area contributed by atoms with Gasteiger partial charge in [0.1, 0.15) is 0 Å². The van der Waals surface area contributed by atoms with Gasteiger partial charge < -0.3 is 15.1 Å². The van der Waals surface area contributed by atoms with E-state index in [2.05, 4.69) is 47.5 Å². The topological polar surface area (TPSA) is 35.6 Å². The summed E-state index contributed by atoms with van der Waals surface area (Å²) in [6.45, 7) is 2.96. The minimum Gasteiger partial charge on any atom is -0.333 e. The minimum absolute atomic E-state index is 0.232. The molecule has 142 valence electrons. The van der Waals surface area contributed by atoms with Gasteiger partial charge in [0, 0.05) is 29.6 Å². The summed E-state index contributed by atoms with van der Waals surface area (Å²) >= 11 is 0. The van der Waals surface area contributed by atoms with E-state index in [0.29, 0.717) is 36.6 Å². The predicted octanol–water partition coefficient (Wildman–Crippen LogP) is 2.68. The molecule has 1 N–H and O–H groups in total. The fourth-order valence-corrected chi connectivity index (χ4v) is 5.85. The zero-order valence-electron chi connectivity index (χ0n) is 16.4. The highest BCUT2D eigenvalue weighted by atomic mass is 16.2. The van der Waals surface area contributed by atoms with Crippen LogP contribution in [-0.4, -0.2) is 60.5 Å². The molecule has 1 aromatic rings. The van der Waals surface area contributed by atoms with Gasteiger partial charge in [-0.05, 0) is 45.3 Å². The summed E-state index contributed by atoms with van der Waals surface area (Å²) in [5, 5.41) is 4.01. The number of rotatable bonds is 4. The molecule has 0 radical (unpaired) electrons. The summed E-state index contributed by atoms with van der Waals surface area (Å²) < 4.78 is 0. The van der Waals surface area contributed by atoms with E-state index in [1.807, 2.05) is 19.0 Å². The van der Waals surface area contributed by atoms with Gasteiger partial charge in [-0.2, -0.15) is 0 Å². The number of nitrogens with one attached hydrogen (secondary N) is 1. The van der Waals surface area contributed by atoms with E-state index in [1.165, 1.54) is 31.2 Å². The molecular weight excluding hydrogens is 322 g/mol. The van der Waals surface area contributed by atoms with Crippen molar-refractivity contribution in [3.8, 4) is 0 Å². The highest BCUT2D eigenvalue weighted by molar-refractivity contribution is 5.79. The van der Waals surface area contributed by atoms with Crippen molar-refractivity contribution in [1.29, 1.82) is 0 Å². The molecule has 1 amide bonds. The van der Waals surface area contributed by atoms with Crippen LogP contribution in [0.3, 0.4) is 0 Å². The Bertz CT molecular complexity index is 646. The Morgan fingerprint density at radius 1 is 1.23 bits per heavy atom. The van der Waals surface area contributed by atoms with E-state index >= 15 is 0 Å². The maximum Gasteiger partial charge on any atom is 0.237 e. The maximum absolute atomic E-state index is 13.2. The molecule has 3 aliphatic rings. The van der Waals surface area contributed by atoms with E-state index in [-0.39, 0.29) is 5.41 Å². The van der Waals surface area contributed by atoms with E-state index in [9.17, 15) is 4.79 Å². The first-order valence-corrected chi connectivity index (χ1v) is 10.2. The molecule has 1 aromatic carbocycles. The number of nitrogens with zero attached hydrogens (tertiary/aromatic N) is 2. The first kappa shape index (κ1) is 18.0. The van der Waals surface area contributed by atoms with Crippen LogP contribution in [0.1, 0.15) is 44.6 Å². The van der Waals surface area contributed by atoms with Crippen LogP contribution in [-0.2, 0) is 11.2 Å². The fraction of sp³-hybridized carbons (Fsp3) is 0.682. The summed E-state index contributed by atoms with van der Waals surface area (Å²) in [6.07, 6.45) is 7.12. The third-order valence-electron chi connectivity index (χ3n) is 7.04. The molecule has 0 unspecified atom stereocenters. The lowest BCUT2D eigenvalue weighted by atomic mass is 9.70. The highest BCUT2D eigenvalue weighted by Crippen LogP contribution is 2.52. The second kappa shape index (κ2) is 6.97. The average Bonchev–Trinajstić information content (AvgIpc) is 2.75. The second-order valence-corrected chi connectivity index (χ2v) is 9.13. The number of fused-ring (bicyclic) bond motifs is 1. The molecule has 0 spiro atoms. The number of hydrogen-bond acceptors (Lipinski definition) is 3. The van der Waals surface area contributed by atoms with Crippen molar-refractivity contribution in [2.75, 3.05) is 20.6 Å². The summed E-state index contributed by atoms with van der Waals surface area (Å²) in [5.74, 6) is 0.316. The number of amides is 1. The van der Waals surface area contributed by atoms with Crippen LogP contribution in [0.25, 0.3) is 0 Å². The van der Waals surface area contributed by atoms with Crippen LogP contribution >= 0.6 is 0 Å². The van der Waals surface area contributed by atoms with Crippen molar-refractivity contribution in [2.24, 2.45) is 5.41 Å². The third kappa shape index (κ3) is 3.07. The molecule has 1 saturated carbocycles. The molecule has 3 fully saturated rings. The number of benzene rings is 1. The van der Waals surface area contributed by atoms with E-state index < -0.39 is 0 Å². The van der Waals surface area contributed by atoms with Gasteiger partial charge in [0.25, 0.3) is 0 Å². The molecule has 2 heterocycles. The van der Waals surface area contributed by atoms with Gasteiger partial charge in [0.05, 0.1) is 6.54 Å². The molecular formula is C22H33N3O. The number of carbonyl (C=O) groups excluding carboxylic acids is 1. The Hall–Kier alpha value is -1.39. The SMILES string of the molecule is CN(C)CC(=O)N1[C@H]2CCCC[C@H]3N[C@@H](Cc4ccccc4)[C@@H]1C[C@@]23C. The molecule has 5 atom stereocenters. The van der Waals surface area contributed by atoms with Gasteiger partial charge in [-0.3, -0.25) is 4.79 Å². The van der Waals surface area contributed by atoms with Crippen LogP contribution in [0, 0.1) is 5.41 Å². The van der Waals surface area contributed by atoms with E-state index in [1.54, 1.807) is 0 Å². The number of carbonyl (C=O) groups is 1. The molecule has 2 bridgehead atoms. The lowest BCUT2D eigenvalue weighted by Gasteiger charge is -2.43. The van der Waals surface area contributed by atoms with Crippen molar-refractivity contribution in [3.63, 3.8) is 0 Å². The van der Waals surface area contributed by atoms with Crippen LogP contribution in [0.5, 0.6) is 0 Å². The van der Waals surface area contributed by atoms with Gasteiger partial charge in [0.2, 0.25) is 5.91 Å². The third-order valence-corrected chi connectivity index (χ3v) is 7.04. The molecule has 2 saturated heterocycles. The quantitative estimate of drug-likeness (QED) is 0.902. The normalized spacial score (nSPS) is 36.2. The number of likely N-dealkylation sites (N-methyl/N-ethyl adjacent to an activating group) is 1. The van der Waals surface area contributed by atoms with Crippen LogP contribution < -0.4 is 5.32 Å². The van der Waals surface area contributed by atoms with Gasteiger partial charge >= 0.3 is 0 Å². The fourth-order valence-electron chi connectivity index (χ4n) is 5.85. The number of hydrogen-bond donors (Lipinski definition) is 1. The van der Waals surface area contributed by atoms with E-state index in [0.717, 1.165) is 12.8 Å². The minimum atomic E-state index is 0.232. The molecule has 1 aliphatic carbocycles. The van der Waals surface area contributed by atoms with Crippen molar-refractivity contribution >= 4 is 5.91 Å². The smallest absolute Gasteiger partial charge is 0.237 e. The monoisotopic (exact) mass is 355 g/mol. The maximum atomic E-state index is 13.2. The Morgan fingerprint density at radius 3 is 2.69 bits per heavy atom. The van der Waals surface area contributed by atoms with Gasteiger partial charge in [0.15, 0.2) is 0 Å². The number of likely N-dealkylation sites (tertiary alicyclic amines) is 1. The largest absolute Gasteiger partial charge is 0.333 e. The van der Waals surface area contributed by atoms with Crippen molar-refractivity contribution in [3.05, 3.63) is 35.9 Å². The van der Waals surface area contributed by atoms with Crippen LogP contribution in [0.2, 0.25) is 0 Å². The van der Waals surface area contributed by atoms with Crippen molar-refractivity contribution in [1.82, 2.24) is 15.1 Å². The first-order valence-electron chi connectivity index (χ1n) is 10.2. The van der Waals surface area contributed by atoms with Crippen molar-refractivity contribution in [2.45, 2.75) is 69.6 Å². The lowest BCUT2D eigenvalue weighted by Crippen LogP contribution is -2.57. The van der Waals surface area contributed by atoms with Gasteiger partial charge in [-0.15, -0.1) is 0 Å². The lowest BCUT2D eigenvalue weighted by molar-refractivity contribution is -0.135. The average molecular weight is 356 g/mol. The summed E-state index contributed by atoms with van der Waals surface area (Å²) in [6, 6.07) is 12.4. The van der Waals surface area contributed by atoms with Gasteiger partial charge in [-0.25, -0.2) is 0 Å². The summed E-state index contributed by atoms with van der Waals surface area (Å²) in [5.41, 5.74) is 1.60. The first-order chi connectivity index (χ1) is 12.5. The van der Waals surface area contributed by atoms with Gasteiger partial charge in [-0.1, -0.05) is 50.1 Å². The summed E-state index contributed by atoms with van der Waals surface area (Å²) in [7, 11) is 3.99. The Kier molecular flexibility index (Phi) is 4.83. The molecule has 0 aromatic heterocycles. The Morgan fingerprint density at radius 2 is 1.96 bits per heavy atom. The molecule has 4 rings (SSSR count). The summed E-state index contributed by atoms with van der Waals surface area (Å²) in [4.78, 5) is 17.5. The molecule has 26 heavy (non-hydrogen) atoms. The van der Waals surface area contributed by atoms with Crippen molar-refractivity contribution < 1.29 is 4.79 Å². The number of piperidine rings is 1. The standard InChI is InChI=1S/C22H33N3O/c1-22-14-18-17(13-16-9-5-4-6-10-16)23-19(22)11-7-8-12-20(22)25(18)21(26)15-24(2)3/h4-6,9-10,17-20,23H,7-8,11-15H2,1-3H3/t17-,18-,19+,20-,22+/m0/s1. The molecule has 2 aliphatic heterocycles. The highest BCUT2D eigenvalue weighted by Gasteiger charge is 2.59. The second-order valence-electron chi connectivity index (χ2n) is 9.13. The molecule has 4 nitrogen and oxygen atoms in total. The van der Waals surface area contributed by atoms with Crippen LogP contribution in [0.4, 0.5) is 0 Å². The Balaban J connectivity index is 1.65. The zero-order chi connectivity index (χ0) is 18.3. The van der Waals surface area contributed by atoms with Crippen LogP contribution in [0.15, 0.2) is 30.3 Å². The predicted molar refractivity (Wildman–Crippen MR) is 105 cm³/mol. The zero-order valence-corrected chi connectivity index (χ0v) is 16.4. The van der Waals surface area contributed by atoms with E-state index in [4.69, 9.17) is 0 Å². The molecule has 4 heteroatoms.